The van der Waals surface area contributed by atoms with E-state index in [0.717, 1.165) is 61.2 Å². The minimum absolute atomic E-state index is 0.473. The number of hydrogen-bond acceptors (Lipinski definition) is 6. The first-order valence-corrected chi connectivity index (χ1v) is 20.1. The first-order chi connectivity index (χ1) is 30.5. The third-order valence-electron chi connectivity index (χ3n) is 11.2. The molecule has 6 nitrogen and oxygen atoms in total. The predicted molar refractivity (Wildman–Crippen MR) is 247 cm³/mol. The fourth-order valence-corrected chi connectivity index (χ4v) is 7.96. The molecule has 0 saturated heterocycles. The minimum Gasteiger partial charge on any atom is -0.208 e. The molecule has 0 amide bonds. The molecule has 0 fully saturated rings. The molecule has 286 valence electrons. The average molecular weight is 789 g/mol. The van der Waals surface area contributed by atoms with Crippen molar-refractivity contribution in [3.63, 3.8) is 0 Å². The fraction of sp³-hybridized carbons (Fsp3) is 0. The van der Waals surface area contributed by atoms with Gasteiger partial charge in [-0.2, -0.15) is 15.8 Å². The molecule has 0 unspecified atom stereocenters. The van der Waals surface area contributed by atoms with Gasteiger partial charge in [0.25, 0.3) is 0 Å². The molecule has 0 aliphatic heterocycles. The van der Waals surface area contributed by atoms with Crippen LogP contribution in [0.15, 0.2) is 194 Å². The van der Waals surface area contributed by atoms with E-state index in [2.05, 4.69) is 115 Å². The molecule has 0 radical (unpaired) electrons. The second-order valence-electron chi connectivity index (χ2n) is 15.0. The lowest BCUT2D eigenvalue weighted by Gasteiger charge is -2.12. The summed E-state index contributed by atoms with van der Waals surface area (Å²) < 4.78 is 0. The molecule has 0 aliphatic carbocycles. The Balaban J connectivity index is 0.961. The Bertz CT molecular complexity index is 3400. The van der Waals surface area contributed by atoms with E-state index in [0.29, 0.717) is 34.2 Å². The molecule has 0 bridgehead atoms. The topological polar surface area (TPSA) is 110 Å². The van der Waals surface area contributed by atoms with Crippen LogP contribution in [0.5, 0.6) is 0 Å². The van der Waals surface area contributed by atoms with Crippen LogP contribution in [-0.4, -0.2) is 15.0 Å². The first-order valence-electron chi connectivity index (χ1n) is 20.1. The van der Waals surface area contributed by atoms with Crippen LogP contribution in [0.4, 0.5) is 0 Å². The van der Waals surface area contributed by atoms with Crippen molar-refractivity contribution in [3.05, 3.63) is 211 Å². The SMILES string of the molecule is N#Cc1ccc(-c2nc(-c3ccc(C#N)cc3)nc(-c3ccc(-c4cccc(-c5cc(-c6cccc(-c7ccc8c(ccc9ccccc98)c7)c6)ccc5C#N)c4)cc3)n2)cc1. The molecule has 9 aromatic carbocycles. The monoisotopic (exact) mass is 788 g/mol. The van der Waals surface area contributed by atoms with Crippen LogP contribution in [-0.2, 0) is 0 Å². The summed E-state index contributed by atoms with van der Waals surface area (Å²) in [6.45, 7) is 0. The van der Waals surface area contributed by atoms with Crippen LogP contribution in [0.1, 0.15) is 16.7 Å². The smallest absolute Gasteiger partial charge is 0.164 e. The van der Waals surface area contributed by atoms with Crippen molar-refractivity contribution >= 4 is 21.5 Å². The zero-order valence-corrected chi connectivity index (χ0v) is 33.2. The van der Waals surface area contributed by atoms with E-state index in [9.17, 15) is 15.8 Å². The van der Waals surface area contributed by atoms with Crippen molar-refractivity contribution in [3.8, 4) is 96.9 Å². The number of nitriles is 3. The van der Waals surface area contributed by atoms with E-state index >= 15 is 0 Å². The highest BCUT2D eigenvalue weighted by atomic mass is 15.0. The van der Waals surface area contributed by atoms with Gasteiger partial charge in [-0.25, -0.2) is 15.0 Å². The van der Waals surface area contributed by atoms with Crippen LogP contribution in [0.3, 0.4) is 0 Å². The Morgan fingerprint density at radius 1 is 0.290 bits per heavy atom. The van der Waals surface area contributed by atoms with Crippen LogP contribution in [0.25, 0.3) is 100 Å². The summed E-state index contributed by atoms with van der Waals surface area (Å²) in [7, 11) is 0. The highest BCUT2D eigenvalue weighted by molar-refractivity contribution is 6.08. The predicted octanol–water partition coefficient (Wildman–Crippen LogP) is 13.5. The largest absolute Gasteiger partial charge is 0.208 e. The van der Waals surface area contributed by atoms with Crippen molar-refractivity contribution < 1.29 is 0 Å². The first kappa shape index (κ1) is 37.3. The highest BCUT2D eigenvalue weighted by Crippen LogP contribution is 2.36. The van der Waals surface area contributed by atoms with Gasteiger partial charge in [-0.15, -0.1) is 0 Å². The minimum atomic E-state index is 0.473. The lowest BCUT2D eigenvalue weighted by Crippen LogP contribution is -2.00. The maximum Gasteiger partial charge on any atom is 0.164 e. The van der Waals surface area contributed by atoms with Gasteiger partial charge in [-0.1, -0.05) is 115 Å². The Morgan fingerprint density at radius 3 is 1.32 bits per heavy atom. The van der Waals surface area contributed by atoms with Crippen molar-refractivity contribution in [1.82, 2.24) is 15.0 Å². The molecule has 0 N–H and O–H groups in total. The van der Waals surface area contributed by atoms with Crippen molar-refractivity contribution in [2.75, 3.05) is 0 Å². The van der Waals surface area contributed by atoms with Crippen molar-refractivity contribution in [2.45, 2.75) is 0 Å². The van der Waals surface area contributed by atoms with E-state index in [1.807, 2.05) is 72.8 Å². The summed E-state index contributed by atoms with van der Waals surface area (Å²) in [5.41, 5.74) is 12.2. The molecule has 10 rings (SSSR count). The van der Waals surface area contributed by atoms with E-state index in [1.54, 1.807) is 24.3 Å². The average Bonchev–Trinajstić information content (AvgIpc) is 3.36. The molecular formula is C56H32N6. The quantitative estimate of drug-likeness (QED) is 0.149. The molecule has 0 saturated carbocycles. The van der Waals surface area contributed by atoms with Gasteiger partial charge >= 0.3 is 0 Å². The van der Waals surface area contributed by atoms with Crippen molar-refractivity contribution in [1.29, 1.82) is 15.8 Å². The molecule has 0 atom stereocenters. The van der Waals surface area contributed by atoms with Crippen LogP contribution in [0, 0.1) is 34.0 Å². The standard InChI is InChI=1S/C56H32N6/c57-33-36-11-15-40(16-12-36)54-60-55(41-17-13-37(34-58)14-18-41)62-56(61-54)42-22-19-38(20-23-42)43-6-4-9-48(30-43)53-32-47(24-26-50(53)35-59)45-8-3-7-44(29-45)46-27-28-52-49(31-46)25-21-39-5-1-2-10-51(39)52/h1-32H. The van der Waals surface area contributed by atoms with E-state index < -0.39 is 0 Å². The lowest BCUT2D eigenvalue weighted by molar-refractivity contribution is 1.07. The van der Waals surface area contributed by atoms with Gasteiger partial charge in [-0.05, 0) is 139 Å². The maximum absolute atomic E-state index is 10.3. The van der Waals surface area contributed by atoms with Gasteiger partial charge in [0.15, 0.2) is 17.5 Å². The van der Waals surface area contributed by atoms with Gasteiger partial charge in [0, 0.05) is 22.3 Å². The third kappa shape index (κ3) is 7.20. The summed E-state index contributed by atoms with van der Waals surface area (Å²) in [6.07, 6.45) is 0. The number of benzene rings is 9. The number of rotatable bonds is 7. The fourth-order valence-electron chi connectivity index (χ4n) is 7.96. The maximum atomic E-state index is 10.3. The van der Waals surface area contributed by atoms with Gasteiger partial charge in [0.1, 0.15) is 0 Å². The molecule has 1 heterocycles. The van der Waals surface area contributed by atoms with E-state index in [-0.39, 0.29) is 0 Å². The molecule has 10 aromatic rings. The highest BCUT2D eigenvalue weighted by Gasteiger charge is 2.15. The van der Waals surface area contributed by atoms with Crippen LogP contribution < -0.4 is 0 Å². The Hall–Kier alpha value is -9.02. The second-order valence-corrected chi connectivity index (χ2v) is 15.0. The van der Waals surface area contributed by atoms with Gasteiger partial charge in [0.2, 0.25) is 0 Å². The van der Waals surface area contributed by atoms with Crippen LogP contribution >= 0.6 is 0 Å². The summed E-state index contributed by atoms with van der Waals surface area (Å²) >= 11 is 0. The summed E-state index contributed by atoms with van der Waals surface area (Å²) in [5, 5.41) is 33.9. The Morgan fingerprint density at radius 2 is 0.726 bits per heavy atom. The number of aromatic nitrogens is 3. The zero-order valence-electron chi connectivity index (χ0n) is 33.2. The summed E-state index contributed by atoms with van der Waals surface area (Å²) in [4.78, 5) is 14.5. The van der Waals surface area contributed by atoms with E-state index in [4.69, 9.17) is 15.0 Å². The molecule has 0 aliphatic rings. The lowest BCUT2D eigenvalue weighted by atomic mass is 9.91. The normalized spacial score (nSPS) is 10.9. The molecule has 1 aromatic heterocycles. The summed E-state index contributed by atoms with van der Waals surface area (Å²) in [6, 6.07) is 71.5. The molecule has 62 heavy (non-hydrogen) atoms. The summed E-state index contributed by atoms with van der Waals surface area (Å²) in [5.74, 6) is 1.44. The van der Waals surface area contributed by atoms with Gasteiger partial charge < -0.3 is 0 Å². The third-order valence-corrected chi connectivity index (χ3v) is 11.2. The van der Waals surface area contributed by atoms with Crippen LogP contribution in [0.2, 0.25) is 0 Å². The molecular weight excluding hydrogens is 757 g/mol. The molecule has 6 heteroatoms. The van der Waals surface area contributed by atoms with Gasteiger partial charge in [-0.3, -0.25) is 0 Å². The Labute approximate surface area is 358 Å². The van der Waals surface area contributed by atoms with E-state index in [1.165, 1.54) is 21.5 Å². The number of fused-ring (bicyclic) bond motifs is 3. The van der Waals surface area contributed by atoms with Crippen molar-refractivity contribution in [2.24, 2.45) is 0 Å². The molecule has 0 spiro atoms. The Kier molecular flexibility index (Phi) is 9.60. The number of hydrogen-bond donors (Lipinski definition) is 0. The van der Waals surface area contributed by atoms with Gasteiger partial charge in [0.05, 0.1) is 34.9 Å². The number of nitrogens with zero attached hydrogens (tertiary/aromatic N) is 6. The zero-order chi connectivity index (χ0) is 42.0. The second kappa shape index (κ2) is 16.0.